The Kier molecular flexibility index (Phi) is 6.00. The SMILES string of the molecule is COC(=O)c1cc(C)sc1NC(=O)c1ccc(COc2ccccc2OC)o1. The second-order valence-electron chi connectivity index (χ2n) is 5.75. The number of amides is 1. The highest BCUT2D eigenvalue weighted by Crippen LogP contribution is 2.29. The van der Waals surface area contributed by atoms with Gasteiger partial charge in [-0.15, -0.1) is 11.3 Å². The minimum Gasteiger partial charge on any atom is -0.493 e. The van der Waals surface area contributed by atoms with E-state index in [0.717, 1.165) is 4.88 Å². The lowest BCUT2D eigenvalue weighted by atomic mass is 10.3. The molecule has 28 heavy (non-hydrogen) atoms. The largest absolute Gasteiger partial charge is 0.493 e. The van der Waals surface area contributed by atoms with Crippen LogP contribution in [0.15, 0.2) is 46.9 Å². The molecule has 1 aromatic carbocycles. The number of benzene rings is 1. The maximum absolute atomic E-state index is 12.5. The van der Waals surface area contributed by atoms with Gasteiger partial charge >= 0.3 is 5.97 Å². The normalized spacial score (nSPS) is 10.4. The first-order valence-electron chi connectivity index (χ1n) is 8.36. The fourth-order valence-electron chi connectivity index (χ4n) is 2.50. The first-order chi connectivity index (χ1) is 13.5. The van der Waals surface area contributed by atoms with Gasteiger partial charge in [0.25, 0.3) is 5.91 Å². The molecule has 3 rings (SSSR count). The van der Waals surface area contributed by atoms with Crippen molar-refractivity contribution in [1.82, 2.24) is 0 Å². The van der Waals surface area contributed by atoms with E-state index in [2.05, 4.69) is 5.32 Å². The van der Waals surface area contributed by atoms with Gasteiger partial charge in [0.15, 0.2) is 17.3 Å². The molecule has 0 aliphatic rings. The molecule has 0 spiro atoms. The summed E-state index contributed by atoms with van der Waals surface area (Å²) in [5.74, 6) is 0.798. The van der Waals surface area contributed by atoms with Crippen LogP contribution in [0.3, 0.4) is 0 Å². The molecule has 8 heteroatoms. The van der Waals surface area contributed by atoms with Crippen LogP contribution >= 0.6 is 11.3 Å². The molecule has 0 saturated heterocycles. The van der Waals surface area contributed by atoms with Gasteiger partial charge in [0.1, 0.15) is 17.4 Å². The number of para-hydroxylation sites is 2. The summed E-state index contributed by atoms with van der Waals surface area (Å²) in [4.78, 5) is 25.2. The van der Waals surface area contributed by atoms with E-state index < -0.39 is 11.9 Å². The predicted octanol–water partition coefficient (Wildman–Crippen LogP) is 4.28. The van der Waals surface area contributed by atoms with Crippen LogP contribution < -0.4 is 14.8 Å². The Morgan fingerprint density at radius 2 is 1.86 bits per heavy atom. The van der Waals surface area contributed by atoms with Crippen molar-refractivity contribution in [3.8, 4) is 11.5 Å². The molecule has 146 valence electrons. The Labute approximate surface area is 165 Å². The summed E-state index contributed by atoms with van der Waals surface area (Å²) in [6.45, 7) is 1.98. The number of carbonyl (C=O) groups is 2. The van der Waals surface area contributed by atoms with Gasteiger partial charge in [0.2, 0.25) is 0 Å². The molecule has 0 aliphatic carbocycles. The fourth-order valence-corrected chi connectivity index (χ4v) is 3.39. The lowest BCUT2D eigenvalue weighted by molar-refractivity contribution is 0.0602. The monoisotopic (exact) mass is 401 g/mol. The summed E-state index contributed by atoms with van der Waals surface area (Å²) in [5.41, 5.74) is 0.310. The fraction of sp³-hybridized carbons (Fsp3) is 0.200. The third-order valence-electron chi connectivity index (χ3n) is 3.81. The Bertz CT molecular complexity index is 990. The van der Waals surface area contributed by atoms with E-state index in [4.69, 9.17) is 18.6 Å². The number of nitrogens with one attached hydrogen (secondary N) is 1. The highest BCUT2D eigenvalue weighted by molar-refractivity contribution is 7.16. The molecular formula is C20H19NO6S. The molecule has 0 radical (unpaired) electrons. The van der Waals surface area contributed by atoms with Crippen LogP contribution in [0.1, 0.15) is 31.6 Å². The molecule has 2 aromatic heterocycles. The minimum atomic E-state index is -0.509. The zero-order valence-corrected chi connectivity index (χ0v) is 16.4. The summed E-state index contributed by atoms with van der Waals surface area (Å²) >= 11 is 1.29. The molecule has 0 unspecified atom stereocenters. The number of rotatable bonds is 7. The molecular weight excluding hydrogens is 382 g/mol. The maximum atomic E-state index is 12.5. The predicted molar refractivity (Wildman–Crippen MR) is 104 cm³/mol. The Balaban J connectivity index is 1.67. The topological polar surface area (TPSA) is 87.0 Å². The number of hydrogen-bond donors (Lipinski definition) is 1. The van der Waals surface area contributed by atoms with Gasteiger partial charge in [0, 0.05) is 4.88 Å². The molecule has 3 aromatic rings. The van der Waals surface area contributed by atoms with Crippen molar-refractivity contribution in [2.24, 2.45) is 0 Å². The van der Waals surface area contributed by atoms with Crippen LogP contribution in [-0.2, 0) is 11.3 Å². The zero-order valence-electron chi connectivity index (χ0n) is 15.6. The van der Waals surface area contributed by atoms with Crippen LogP contribution in [-0.4, -0.2) is 26.1 Å². The Hall–Kier alpha value is -3.26. The molecule has 1 N–H and O–H groups in total. The molecule has 1 amide bonds. The van der Waals surface area contributed by atoms with Gasteiger partial charge in [0.05, 0.1) is 19.8 Å². The average Bonchev–Trinajstić information content (AvgIpc) is 3.32. The Morgan fingerprint density at radius 1 is 1.11 bits per heavy atom. The lowest BCUT2D eigenvalue weighted by Crippen LogP contribution is -2.13. The summed E-state index contributed by atoms with van der Waals surface area (Å²) in [6, 6.07) is 12.1. The third-order valence-corrected chi connectivity index (χ3v) is 4.78. The van der Waals surface area contributed by atoms with Gasteiger partial charge in [-0.1, -0.05) is 12.1 Å². The van der Waals surface area contributed by atoms with Crippen molar-refractivity contribution in [2.45, 2.75) is 13.5 Å². The summed E-state index contributed by atoms with van der Waals surface area (Å²) in [6.07, 6.45) is 0. The van der Waals surface area contributed by atoms with Gasteiger partial charge < -0.3 is 23.9 Å². The van der Waals surface area contributed by atoms with Crippen molar-refractivity contribution < 1.29 is 28.2 Å². The number of ether oxygens (including phenoxy) is 3. The van der Waals surface area contributed by atoms with E-state index in [1.54, 1.807) is 37.4 Å². The molecule has 2 heterocycles. The number of thiophene rings is 1. The van der Waals surface area contributed by atoms with Crippen molar-refractivity contribution in [3.05, 3.63) is 64.4 Å². The first kappa shape index (κ1) is 19.5. The molecule has 0 atom stereocenters. The number of furan rings is 1. The zero-order chi connectivity index (χ0) is 20.1. The smallest absolute Gasteiger partial charge is 0.340 e. The second-order valence-corrected chi connectivity index (χ2v) is 7.01. The first-order valence-corrected chi connectivity index (χ1v) is 9.18. The third kappa shape index (κ3) is 4.34. The average molecular weight is 401 g/mol. The number of anilines is 1. The summed E-state index contributed by atoms with van der Waals surface area (Å²) < 4.78 is 21.2. The van der Waals surface area contributed by atoms with E-state index in [9.17, 15) is 9.59 Å². The Morgan fingerprint density at radius 3 is 2.57 bits per heavy atom. The number of aryl methyl sites for hydroxylation is 1. The van der Waals surface area contributed by atoms with Gasteiger partial charge in [-0.2, -0.15) is 0 Å². The highest BCUT2D eigenvalue weighted by Gasteiger charge is 2.19. The van der Waals surface area contributed by atoms with Crippen molar-refractivity contribution in [3.63, 3.8) is 0 Å². The van der Waals surface area contributed by atoms with E-state index in [0.29, 0.717) is 27.8 Å². The van der Waals surface area contributed by atoms with Crippen LogP contribution in [0.2, 0.25) is 0 Å². The van der Waals surface area contributed by atoms with Crippen molar-refractivity contribution >= 4 is 28.2 Å². The maximum Gasteiger partial charge on any atom is 0.340 e. The number of esters is 1. The lowest BCUT2D eigenvalue weighted by Gasteiger charge is -2.08. The highest BCUT2D eigenvalue weighted by atomic mass is 32.1. The molecule has 0 bridgehead atoms. The standard InChI is InChI=1S/C20H19NO6S/c1-12-10-14(20(23)25-3)19(28-12)21-18(22)17-9-8-13(27-17)11-26-16-7-5-4-6-15(16)24-2/h4-10H,11H2,1-3H3,(H,21,22). The molecule has 7 nitrogen and oxygen atoms in total. The van der Waals surface area contributed by atoms with E-state index in [1.165, 1.54) is 18.4 Å². The number of carbonyl (C=O) groups excluding carboxylic acids is 2. The minimum absolute atomic E-state index is 0.112. The van der Waals surface area contributed by atoms with Gasteiger partial charge in [-0.3, -0.25) is 4.79 Å². The number of hydrogen-bond acceptors (Lipinski definition) is 7. The van der Waals surface area contributed by atoms with Crippen LogP contribution in [0.4, 0.5) is 5.00 Å². The molecule has 0 aliphatic heterocycles. The van der Waals surface area contributed by atoms with Crippen molar-refractivity contribution in [2.75, 3.05) is 19.5 Å². The quantitative estimate of drug-likeness (QED) is 0.595. The van der Waals surface area contributed by atoms with Gasteiger partial charge in [-0.05, 0) is 37.3 Å². The van der Waals surface area contributed by atoms with Gasteiger partial charge in [-0.25, -0.2) is 4.79 Å². The van der Waals surface area contributed by atoms with Crippen LogP contribution in [0, 0.1) is 6.92 Å². The van der Waals surface area contributed by atoms with E-state index in [-0.39, 0.29) is 12.4 Å². The van der Waals surface area contributed by atoms with Crippen LogP contribution in [0.25, 0.3) is 0 Å². The summed E-state index contributed by atoms with van der Waals surface area (Å²) in [5, 5.41) is 3.11. The van der Waals surface area contributed by atoms with Crippen LogP contribution in [0.5, 0.6) is 11.5 Å². The second kappa shape index (κ2) is 8.62. The number of methoxy groups -OCH3 is 2. The van der Waals surface area contributed by atoms with E-state index in [1.807, 2.05) is 19.1 Å². The molecule has 0 saturated carbocycles. The van der Waals surface area contributed by atoms with Crippen molar-refractivity contribution in [1.29, 1.82) is 0 Å². The molecule has 0 fully saturated rings. The van der Waals surface area contributed by atoms with E-state index >= 15 is 0 Å². The summed E-state index contributed by atoms with van der Waals surface area (Å²) in [7, 11) is 2.86.